The van der Waals surface area contributed by atoms with Crippen molar-refractivity contribution in [3.63, 3.8) is 0 Å². The molecule has 1 aromatic rings. The molecule has 0 radical (unpaired) electrons. The Kier molecular flexibility index (Phi) is 5.24. The molecule has 1 aliphatic rings. The lowest BCUT2D eigenvalue weighted by molar-refractivity contribution is 0.0193. The number of likely N-dealkylation sites (tertiary alicyclic amines) is 1. The van der Waals surface area contributed by atoms with E-state index in [0.29, 0.717) is 6.54 Å². The van der Waals surface area contributed by atoms with Gasteiger partial charge >= 0.3 is 6.09 Å². The van der Waals surface area contributed by atoms with Crippen LogP contribution in [0.25, 0.3) is 6.08 Å². The molecule has 0 aliphatic carbocycles. The van der Waals surface area contributed by atoms with Crippen LogP contribution in [0.3, 0.4) is 0 Å². The van der Waals surface area contributed by atoms with Gasteiger partial charge in [0.15, 0.2) is 0 Å². The highest BCUT2D eigenvalue weighted by Gasteiger charge is 2.27. The molecule has 0 bridgehead atoms. The first-order valence-electron chi connectivity index (χ1n) is 7.77. The number of aliphatic hydroxyl groups is 1. The second kappa shape index (κ2) is 6.97. The lowest BCUT2D eigenvalue weighted by Gasteiger charge is -2.27. The molecule has 1 fully saturated rings. The molecule has 4 nitrogen and oxygen atoms in total. The van der Waals surface area contributed by atoms with Crippen molar-refractivity contribution in [1.82, 2.24) is 4.90 Å². The van der Waals surface area contributed by atoms with E-state index in [1.54, 1.807) is 4.90 Å². The van der Waals surface area contributed by atoms with Crippen LogP contribution in [0.4, 0.5) is 4.79 Å². The number of β-amino-alcohol motifs (C(OH)–C–C–N with tert-alkyl or cyclic N) is 1. The van der Waals surface area contributed by atoms with Gasteiger partial charge in [-0.05, 0) is 44.7 Å². The highest BCUT2D eigenvalue weighted by atomic mass is 16.6. The second-order valence-corrected chi connectivity index (χ2v) is 6.68. The van der Waals surface area contributed by atoms with E-state index >= 15 is 0 Å². The number of nitrogens with zero attached hydrogens (tertiary/aromatic N) is 1. The van der Waals surface area contributed by atoms with Crippen LogP contribution in [0.5, 0.6) is 0 Å². The lowest BCUT2D eigenvalue weighted by Crippen LogP contribution is -2.40. The van der Waals surface area contributed by atoms with Crippen LogP contribution < -0.4 is 0 Å². The minimum absolute atomic E-state index is 0.285. The molecule has 2 rings (SSSR count). The lowest BCUT2D eigenvalue weighted by atomic mass is 10.0. The Balaban J connectivity index is 2.06. The number of aliphatic hydroxyl groups excluding tert-OH is 1. The Labute approximate surface area is 132 Å². The van der Waals surface area contributed by atoms with E-state index in [0.717, 1.165) is 24.0 Å². The molecule has 1 unspecified atom stereocenters. The second-order valence-electron chi connectivity index (χ2n) is 6.68. The van der Waals surface area contributed by atoms with Gasteiger partial charge in [0.25, 0.3) is 0 Å². The molecule has 120 valence electrons. The van der Waals surface area contributed by atoms with Gasteiger partial charge in [-0.1, -0.05) is 36.4 Å². The van der Waals surface area contributed by atoms with Crippen LogP contribution in [0.1, 0.15) is 39.2 Å². The first-order valence-corrected chi connectivity index (χ1v) is 7.77. The first-order chi connectivity index (χ1) is 10.3. The van der Waals surface area contributed by atoms with Crippen LogP contribution >= 0.6 is 0 Å². The number of carbonyl (C=O) groups excluding carboxylic acids is 1. The van der Waals surface area contributed by atoms with Gasteiger partial charge in [0, 0.05) is 6.54 Å². The maximum atomic E-state index is 12.2. The summed E-state index contributed by atoms with van der Waals surface area (Å²) < 4.78 is 5.39. The fraction of sp³-hybridized carbons (Fsp3) is 0.500. The monoisotopic (exact) mass is 303 g/mol. The van der Waals surface area contributed by atoms with E-state index in [4.69, 9.17) is 4.74 Å². The fourth-order valence-electron chi connectivity index (χ4n) is 2.48. The molecule has 0 aromatic heterocycles. The summed E-state index contributed by atoms with van der Waals surface area (Å²) in [5, 5.41) is 10.4. The number of amides is 1. The summed E-state index contributed by atoms with van der Waals surface area (Å²) in [6.45, 7) is 6.44. The molecule has 1 amide bonds. The Hall–Kier alpha value is -1.81. The molecular weight excluding hydrogens is 278 g/mol. The maximum absolute atomic E-state index is 12.2. The summed E-state index contributed by atoms with van der Waals surface area (Å²) in [6, 6.07) is 9.94. The Bertz CT molecular complexity index is 531. The van der Waals surface area contributed by atoms with Gasteiger partial charge in [-0.2, -0.15) is 0 Å². The molecule has 1 aliphatic heterocycles. The van der Waals surface area contributed by atoms with Gasteiger partial charge in [0.05, 0.1) is 12.6 Å². The predicted octanol–water partition coefficient (Wildman–Crippen LogP) is 3.46. The van der Waals surface area contributed by atoms with Crippen molar-refractivity contribution in [3.05, 3.63) is 41.5 Å². The van der Waals surface area contributed by atoms with E-state index in [1.807, 2.05) is 57.2 Å². The predicted molar refractivity (Wildman–Crippen MR) is 87.5 cm³/mol. The third kappa shape index (κ3) is 4.88. The molecule has 1 saturated heterocycles. The van der Waals surface area contributed by atoms with Crippen molar-refractivity contribution in [2.24, 2.45) is 0 Å². The zero-order chi connectivity index (χ0) is 16.2. The molecule has 0 spiro atoms. The fourth-order valence-corrected chi connectivity index (χ4v) is 2.48. The first kappa shape index (κ1) is 16.6. The van der Waals surface area contributed by atoms with Crippen molar-refractivity contribution in [2.45, 2.75) is 45.3 Å². The van der Waals surface area contributed by atoms with Crippen molar-refractivity contribution < 1.29 is 14.6 Å². The highest BCUT2D eigenvalue weighted by molar-refractivity contribution is 5.68. The number of rotatable bonds is 1. The molecule has 1 atom stereocenters. The summed E-state index contributed by atoms with van der Waals surface area (Å²) in [7, 11) is 0. The molecule has 1 N–H and O–H groups in total. The van der Waals surface area contributed by atoms with Crippen LogP contribution in [-0.2, 0) is 4.74 Å². The van der Waals surface area contributed by atoms with Gasteiger partial charge in [0.2, 0.25) is 0 Å². The topological polar surface area (TPSA) is 49.8 Å². The SMILES string of the molecule is CC(C)(C)OC(=O)N1CCC/C(=C\c2ccccc2)C(O)C1. The van der Waals surface area contributed by atoms with Crippen LogP contribution in [0.2, 0.25) is 0 Å². The molecule has 0 saturated carbocycles. The minimum Gasteiger partial charge on any atom is -0.444 e. The Morgan fingerprint density at radius 2 is 2.00 bits per heavy atom. The zero-order valence-corrected chi connectivity index (χ0v) is 13.6. The standard InChI is InChI=1S/C18H25NO3/c1-18(2,3)22-17(21)19-11-7-10-15(16(20)13-19)12-14-8-5-4-6-9-14/h4-6,8-9,12,16,20H,7,10-11,13H2,1-3H3/b15-12+. The molecular formula is C18H25NO3. The van der Waals surface area contributed by atoms with E-state index < -0.39 is 11.7 Å². The highest BCUT2D eigenvalue weighted by Crippen LogP contribution is 2.21. The quantitative estimate of drug-likeness (QED) is 0.864. The summed E-state index contributed by atoms with van der Waals surface area (Å²) in [5.41, 5.74) is 1.52. The van der Waals surface area contributed by atoms with E-state index in [9.17, 15) is 9.90 Å². The number of hydrogen-bond donors (Lipinski definition) is 1. The Morgan fingerprint density at radius 3 is 2.64 bits per heavy atom. The van der Waals surface area contributed by atoms with Crippen LogP contribution in [-0.4, -0.2) is 40.9 Å². The third-order valence-corrected chi connectivity index (χ3v) is 3.52. The van der Waals surface area contributed by atoms with Crippen molar-refractivity contribution in [3.8, 4) is 0 Å². The molecule has 1 aromatic carbocycles. The summed E-state index contributed by atoms with van der Waals surface area (Å²) >= 11 is 0. The number of hydrogen-bond acceptors (Lipinski definition) is 3. The average molecular weight is 303 g/mol. The smallest absolute Gasteiger partial charge is 0.410 e. The molecule has 22 heavy (non-hydrogen) atoms. The summed E-state index contributed by atoms with van der Waals surface area (Å²) in [6.07, 6.45) is 2.64. The number of carbonyl (C=O) groups is 1. The van der Waals surface area contributed by atoms with Crippen LogP contribution in [0, 0.1) is 0 Å². The van der Waals surface area contributed by atoms with Gasteiger partial charge in [-0.25, -0.2) is 4.79 Å². The van der Waals surface area contributed by atoms with Gasteiger partial charge in [-0.15, -0.1) is 0 Å². The third-order valence-electron chi connectivity index (χ3n) is 3.52. The van der Waals surface area contributed by atoms with E-state index in [1.165, 1.54) is 0 Å². The van der Waals surface area contributed by atoms with Gasteiger partial charge in [0.1, 0.15) is 5.60 Å². The number of benzene rings is 1. The van der Waals surface area contributed by atoms with Gasteiger partial charge < -0.3 is 14.7 Å². The Morgan fingerprint density at radius 1 is 1.32 bits per heavy atom. The van der Waals surface area contributed by atoms with Crippen molar-refractivity contribution in [2.75, 3.05) is 13.1 Å². The number of ether oxygens (including phenoxy) is 1. The maximum Gasteiger partial charge on any atom is 0.410 e. The van der Waals surface area contributed by atoms with Crippen molar-refractivity contribution >= 4 is 12.2 Å². The van der Waals surface area contributed by atoms with Crippen molar-refractivity contribution in [1.29, 1.82) is 0 Å². The van der Waals surface area contributed by atoms with E-state index in [-0.39, 0.29) is 12.6 Å². The largest absolute Gasteiger partial charge is 0.444 e. The van der Waals surface area contributed by atoms with Gasteiger partial charge in [-0.3, -0.25) is 0 Å². The van der Waals surface area contributed by atoms with Crippen LogP contribution in [0.15, 0.2) is 35.9 Å². The zero-order valence-electron chi connectivity index (χ0n) is 13.6. The summed E-state index contributed by atoms with van der Waals surface area (Å²) in [5.74, 6) is 0. The average Bonchev–Trinajstić information content (AvgIpc) is 2.61. The van der Waals surface area contributed by atoms with E-state index in [2.05, 4.69) is 0 Å². The normalized spacial score (nSPS) is 21.5. The summed E-state index contributed by atoms with van der Waals surface area (Å²) in [4.78, 5) is 13.7. The minimum atomic E-state index is -0.643. The molecule has 1 heterocycles. The molecule has 4 heteroatoms.